The molecule has 0 heterocycles. The summed E-state index contributed by atoms with van der Waals surface area (Å²) in [6, 6.07) is 0. The lowest BCUT2D eigenvalue weighted by atomic mass is 9.62. The molecular formula is C33H60O3Si2. The van der Waals surface area contributed by atoms with E-state index in [1.165, 1.54) is 31.3 Å². The van der Waals surface area contributed by atoms with Crippen LogP contribution in [0.5, 0.6) is 0 Å². The standard InChI is InChI=1S/C33H60O3Si2/c1-23-26(17-16-25-15-14-20-33(9)28(24(2)34)18-19-29(25)33)21-27(35-37(10,11)31(3,4)5)22-30(23)36-38(12,13)32(6,7)8/h16-17,24,27-30,34H,1,14-15,18-22H2,2-13H3/b25-16+,26-17+/t24-,27-,28-,29+,30+,33-/m1/s1. The molecule has 6 atom stereocenters. The van der Waals surface area contributed by atoms with Crippen LogP contribution in [0.15, 0.2) is 35.5 Å². The molecule has 3 rings (SSSR count). The highest BCUT2D eigenvalue weighted by Crippen LogP contribution is 2.58. The topological polar surface area (TPSA) is 38.7 Å². The molecule has 3 aliphatic carbocycles. The van der Waals surface area contributed by atoms with Crippen molar-refractivity contribution in [2.75, 3.05) is 0 Å². The first-order valence-electron chi connectivity index (χ1n) is 15.3. The van der Waals surface area contributed by atoms with Gasteiger partial charge in [-0.25, -0.2) is 0 Å². The normalized spacial score (nSPS) is 34.6. The van der Waals surface area contributed by atoms with E-state index in [2.05, 4.69) is 93.4 Å². The molecule has 3 nitrogen and oxygen atoms in total. The SMILES string of the molecule is C=C1/C(=C/C=C2\CCC[C@]3(C)[C@@H]([C@@H](C)O)CC[C@@H]23)C[C@@H](O[Si](C)(C)C(C)(C)C)C[C@@H]1O[Si](C)(C)C(C)(C)C. The predicted molar refractivity (Wildman–Crippen MR) is 169 cm³/mol. The van der Waals surface area contributed by atoms with Crippen molar-refractivity contribution >= 4 is 16.6 Å². The highest BCUT2D eigenvalue weighted by molar-refractivity contribution is 6.74. The number of allylic oxidation sites excluding steroid dienone is 3. The van der Waals surface area contributed by atoms with E-state index in [-0.39, 0.29) is 33.8 Å². The second-order valence-corrected chi connectivity index (χ2v) is 25.6. The second-order valence-electron chi connectivity index (χ2n) is 16.1. The highest BCUT2D eigenvalue weighted by Gasteiger charge is 2.50. The third-order valence-electron chi connectivity index (χ3n) is 11.4. The fraction of sp³-hybridized carbons (Fsp3) is 0.818. The number of aliphatic hydroxyl groups is 1. The van der Waals surface area contributed by atoms with Gasteiger partial charge in [0.05, 0.1) is 18.3 Å². The molecule has 0 unspecified atom stereocenters. The summed E-state index contributed by atoms with van der Waals surface area (Å²) < 4.78 is 14.0. The molecule has 0 aromatic carbocycles. The number of hydrogen-bond donors (Lipinski definition) is 1. The first kappa shape index (κ1) is 32.1. The van der Waals surface area contributed by atoms with Crippen molar-refractivity contribution in [3.63, 3.8) is 0 Å². The van der Waals surface area contributed by atoms with Gasteiger partial charge >= 0.3 is 0 Å². The number of hydrogen-bond acceptors (Lipinski definition) is 3. The number of aliphatic hydroxyl groups excluding tert-OH is 1. The Morgan fingerprint density at radius 1 is 0.974 bits per heavy atom. The van der Waals surface area contributed by atoms with Crippen molar-refractivity contribution in [1.29, 1.82) is 0 Å². The molecular weight excluding hydrogens is 501 g/mol. The van der Waals surface area contributed by atoms with Crippen LogP contribution in [0.25, 0.3) is 0 Å². The predicted octanol–water partition coefficient (Wildman–Crippen LogP) is 9.57. The monoisotopic (exact) mass is 560 g/mol. The molecule has 0 aromatic rings. The smallest absolute Gasteiger partial charge is 0.192 e. The Morgan fingerprint density at radius 2 is 1.55 bits per heavy atom. The summed E-state index contributed by atoms with van der Waals surface area (Å²) in [4.78, 5) is 0. The molecule has 1 N–H and O–H groups in total. The van der Waals surface area contributed by atoms with E-state index in [4.69, 9.17) is 8.85 Å². The van der Waals surface area contributed by atoms with Crippen molar-refractivity contribution < 1.29 is 14.0 Å². The average molecular weight is 561 g/mol. The Balaban J connectivity index is 1.93. The van der Waals surface area contributed by atoms with Crippen LogP contribution in [0.4, 0.5) is 0 Å². The van der Waals surface area contributed by atoms with E-state index in [0.717, 1.165) is 24.8 Å². The van der Waals surface area contributed by atoms with Gasteiger partial charge in [0.2, 0.25) is 0 Å². The summed E-state index contributed by atoms with van der Waals surface area (Å²) in [7, 11) is -3.87. The molecule has 0 radical (unpaired) electrons. The van der Waals surface area contributed by atoms with E-state index in [1.54, 1.807) is 5.57 Å². The van der Waals surface area contributed by atoms with Gasteiger partial charge in [0.25, 0.3) is 0 Å². The first-order chi connectivity index (χ1) is 17.2. The summed E-state index contributed by atoms with van der Waals surface area (Å²) in [5.74, 6) is 1.00. The maximum Gasteiger partial charge on any atom is 0.192 e. The molecule has 3 fully saturated rings. The number of fused-ring (bicyclic) bond motifs is 1. The van der Waals surface area contributed by atoms with Gasteiger partial charge in [-0.05, 0) is 110 Å². The summed E-state index contributed by atoms with van der Waals surface area (Å²) in [5, 5.41) is 10.8. The average Bonchev–Trinajstić information content (AvgIpc) is 3.10. The molecule has 3 aliphatic rings. The molecule has 0 bridgehead atoms. The van der Waals surface area contributed by atoms with Gasteiger partial charge in [0.15, 0.2) is 16.6 Å². The largest absolute Gasteiger partial charge is 0.413 e. The van der Waals surface area contributed by atoms with Crippen molar-refractivity contribution in [3.8, 4) is 0 Å². The van der Waals surface area contributed by atoms with E-state index < -0.39 is 16.6 Å². The van der Waals surface area contributed by atoms with Crippen LogP contribution >= 0.6 is 0 Å². The van der Waals surface area contributed by atoms with Crippen LogP contribution in [0.2, 0.25) is 36.3 Å². The Hall–Kier alpha value is -0.466. The fourth-order valence-electron chi connectivity index (χ4n) is 6.84. The van der Waals surface area contributed by atoms with Gasteiger partial charge in [-0.15, -0.1) is 0 Å². The zero-order chi connectivity index (χ0) is 28.9. The molecule has 38 heavy (non-hydrogen) atoms. The van der Waals surface area contributed by atoms with Crippen LogP contribution < -0.4 is 0 Å². The van der Waals surface area contributed by atoms with E-state index in [9.17, 15) is 5.11 Å². The summed E-state index contributed by atoms with van der Waals surface area (Å²) in [5.41, 5.74) is 4.28. The van der Waals surface area contributed by atoms with E-state index in [1.807, 2.05) is 6.92 Å². The van der Waals surface area contributed by atoms with Crippen LogP contribution in [-0.4, -0.2) is 40.1 Å². The van der Waals surface area contributed by atoms with Gasteiger partial charge in [-0.1, -0.05) is 72.8 Å². The van der Waals surface area contributed by atoms with E-state index >= 15 is 0 Å². The summed E-state index contributed by atoms with van der Waals surface area (Å²) in [6.07, 6.45) is 12.6. The second kappa shape index (κ2) is 11.1. The molecule has 0 aliphatic heterocycles. The quantitative estimate of drug-likeness (QED) is 0.329. The van der Waals surface area contributed by atoms with Crippen molar-refractivity contribution in [2.45, 2.75) is 155 Å². The fourth-order valence-corrected chi connectivity index (χ4v) is 9.51. The Kier molecular flexibility index (Phi) is 9.34. The maximum atomic E-state index is 10.5. The third kappa shape index (κ3) is 6.53. The molecule has 0 amide bonds. The van der Waals surface area contributed by atoms with Crippen LogP contribution in [0, 0.1) is 17.3 Å². The highest BCUT2D eigenvalue weighted by atomic mass is 28.4. The zero-order valence-corrected chi connectivity index (χ0v) is 29.0. The van der Waals surface area contributed by atoms with Crippen molar-refractivity contribution in [1.82, 2.24) is 0 Å². The minimum Gasteiger partial charge on any atom is -0.413 e. The molecule has 5 heteroatoms. The van der Waals surface area contributed by atoms with Gasteiger partial charge < -0.3 is 14.0 Å². The van der Waals surface area contributed by atoms with Crippen LogP contribution in [-0.2, 0) is 8.85 Å². The summed E-state index contributed by atoms with van der Waals surface area (Å²) in [6.45, 7) is 32.4. The van der Waals surface area contributed by atoms with Crippen LogP contribution in [0.1, 0.15) is 100 Å². The molecule has 0 saturated heterocycles. The van der Waals surface area contributed by atoms with E-state index in [0.29, 0.717) is 11.8 Å². The van der Waals surface area contributed by atoms with Gasteiger partial charge in [0, 0.05) is 6.42 Å². The minimum absolute atomic E-state index is 0.0202. The van der Waals surface area contributed by atoms with Crippen molar-refractivity contribution in [3.05, 3.63) is 35.5 Å². The molecule has 3 saturated carbocycles. The van der Waals surface area contributed by atoms with Crippen LogP contribution in [0.3, 0.4) is 0 Å². The maximum absolute atomic E-state index is 10.5. The molecule has 218 valence electrons. The zero-order valence-electron chi connectivity index (χ0n) is 27.0. The van der Waals surface area contributed by atoms with Crippen molar-refractivity contribution in [2.24, 2.45) is 17.3 Å². The Bertz CT molecular complexity index is 931. The van der Waals surface area contributed by atoms with Gasteiger partial charge in [-0.2, -0.15) is 0 Å². The molecule has 0 aromatic heterocycles. The lowest BCUT2D eigenvalue weighted by Crippen LogP contribution is -2.49. The lowest BCUT2D eigenvalue weighted by Gasteiger charge is -2.45. The van der Waals surface area contributed by atoms with Gasteiger partial charge in [-0.3, -0.25) is 0 Å². The molecule has 0 spiro atoms. The Labute approximate surface area is 237 Å². The first-order valence-corrected chi connectivity index (χ1v) is 21.1. The number of rotatable bonds is 6. The Morgan fingerprint density at radius 3 is 2.11 bits per heavy atom. The third-order valence-corrected chi connectivity index (χ3v) is 20.4. The lowest BCUT2D eigenvalue weighted by molar-refractivity contribution is 0.0302. The minimum atomic E-state index is -1.96. The van der Waals surface area contributed by atoms with Gasteiger partial charge in [0.1, 0.15) is 0 Å². The summed E-state index contributed by atoms with van der Waals surface area (Å²) >= 11 is 0.